The molecule has 1 heterocycles. The van der Waals surface area contributed by atoms with Gasteiger partial charge in [0.05, 0.1) is 0 Å². The molecule has 0 bridgehead atoms. The van der Waals surface area contributed by atoms with Crippen LogP contribution in [0.1, 0.15) is 11.3 Å². The van der Waals surface area contributed by atoms with Crippen LogP contribution >= 0.6 is 0 Å². The van der Waals surface area contributed by atoms with Gasteiger partial charge in [0.15, 0.2) is 5.69 Å². The molecule has 1 aromatic rings. The molecule has 1 rings (SSSR count). The zero-order valence-corrected chi connectivity index (χ0v) is 8.03. The summed E-state index contributed by atoms with van der Waals surface area (Å²) in [6.07, 6.45) is -10.5. The quantitative estimate of drug-likeness (QED) is 0.739. The van der Waals surface area contributed by atoms with Crippen molar-refractivity contribution in [3.63, 3.8) is 0 Å². The van der Waals surface area contributed by atoms with E-state index in [1.807, 2.05) is 0 Å². The highest BCUT2D eigenvalue weighted by Gasteiger charge is 2.40. The molecule has 0 aliphatic carbocycles. The Morgan fingerprint density at radius 3 is 2.11 bits per heavy atom. The normalized spacial score (nSPS) is 12.1. The second-order valence-electron chi connectivity index (χ2n) is 2.82. The van der Waals surface area contributed by atoms with Crippen molar-refractivity contribution in [3.05, 3.63) is 23.1 Å². The molecule has 3 nitrogen and oxygen atoms in total. The summed E-state index contributed by atoms with van der Waals surface area (Å²) in [5.41, 5.74) is -3.58. The fourth-order valence-corrected chi connectivity index (χ4v) is 1.01. The molecule has 0 saturated heterocycles. The van der Waals surface area contributed by atoms with E-state index in [4.69, 9.17) is 5.26 Å². The molecule has 0 saturated carbocycles. The van der Waals surface area contributed by atoms with Crippen LogP contribution in [0.5, 0.6) is 5.88 Å². The lowest BCUT2D eigenvalue weighted by Gasteiger charge is -2.12. The van der Waals surface area contributed by atoms with Gasteiger partial charge in [-0.05, 0) is 0 Å². The minimum Gasteiger partial charge on any atom is -0.388 e. The van der Waals surface area contributed by atoms with E-state index in [1.165, 1.54) is 0 Å². The van der Waals surface area contributed by atoms with Gasteiger partial charge in [-0.1, -0.05) is 0 Å². The Hall–Kier alpha value is -2.05. The number of aromatic nitrogens is 1. The number of halogens is 7. The Bertz CT molecular complexity index is 500. The fraction of sp³-hybridized carbons (Fsp3) is 0.250. The van der Waals surface area contributed by atoms with Crippen LogP contribution in [0, 0.1) is 17.1 Å². The number of hydrogen-bond donors (Lipinski definition) is 0. The Labute approximate surface area is 94.4 Å². The first-order chi connectivity index (χ1) is 8.04. The first-order valence-electron chi connectivity index (χ1n) is 3.98. The molecule has 0 unspecified atom stereocenters. The smallest absolute Gasteiger partial charge is 0.388 e. The molecule has 1 aromatic heterocycles. The van der Waals surface area contributed by atoms with Crippen LogP contribution in [0.15, 0.2) is 6.07 Å². The summed E-state index contributed by atoms with van der Waals surface area (Å²) in [5.74, 6) is -3.56. The summed E-state index contributed by atoms with van der Waals surface area (Å²) in [6.45, 7) is 0. The van der Waals surface area contributed by atoms with Gasteiger partial charge in [0, 0.05) is 6.07 Å². The number of hydrogen-bond acceptors (Lipinski definition) is 3. The molecule has 0 fully saturated rings. The number of ether oxygens (including phenoxy) is 1. The highest BCUT2D eigenvalue weighted by atomic mass is 19.4. The van der Waals surface area contributed by atoms with E-state index in [1.54, 1.807) is 0 Å². The number of rotatable bonds is 1. The predicted molar refractivity (Wildman–Crippen MR) is 40.6 cm³/mol. The fourth-order valence-electron chi connectivity index (χ4n) is 1.01. The second kappa shape index (κ2) is 4.32. The average molecular weight is 274 g/mol. The van der Waals surface area contributed by atoms with Gasteiger partial charge in [0.2, 0.25) is 5.88 Å². The molecule has 0 aliphatic heterocycles. The highest BCUT2D eigenvalue weighted by molar-refractivity contribution is 5.37. The SMILES string of the molecule is N#Cc1nc(OC(F)(F)F)cc(F)c1C(F)(F)F. The highest BCUT2D eigenvalue weighted by Crippen LogP contribution is 2.35. The van der Waals surface area contributed by atoms with E-state index >= 15 is 0 Å². The van der Waals surface area contributed by atoms with Crippen LogP contribution in [0.3, 0.4) is 0 Å². The van der Waals surface area contributed by atoms with Crippen LogP contribution in [0.2, 0.25) is 0 Å². The van der Waals surface area contributed by atoms with Crippen molar-refractivity contribution >= 4 is 0 Å². The van der Waals surface area contributed by atoms with Gasteiger partial charge >= 0.3 is 12.5 Å². The summed E-state index contributed by atoms with van der Waals surface area (Å²) in [5, 5.41) is 8.31. The van der Waals surface area contributed by atoms with Gasteiger partial charge in [-0.2, -0.15) is 18.4 Å². The molecule has 0 aromatic carbocycles. The molecule has 10 heteroatoms. The Balaban J connectivity index is 3.34. The van der Waals surface area contributed by atoms with E-state index in [0.717, 1.165) is 6.07 Å². The van der Waals surface area contributed by atoms with Gasteiger partial charge in [0.25, 0.3) is 0 Å². The summed E-state index contributed by atoms with van der Waals surface area (Å²) in [7, 11) is 0. The van der Waals surface area contributed by atoms with Crippen molar-refractivity contribution in [1.82, 2.24) is 4.98 Å². The van der Waals surface area contributed by atoms with E-state index in [0.29, 0.717) is 0 Å². The molecule has 0 aliphatic rings. The molecule has 0 radical (unpaired) electrons. The zero-order valence-electron chi connectivity index (χ0n) is 8.03. The van der Waals surface area contributed by atoms with Gasteiger partial charge in [0.1, 0.15) is 17.4 Å². The number of alkyl halides is 6. The van der Waals surface area contributed by atoms with Gasteiger partial charge in [-0.25, -0.2) is 9.37 Å². The van der Waals surface area contributed by atoms with Crippen molar-refractivity contribution in [2.24, 2.45) is 0 Å². The Morgan fingerprint density at radius 2 is 1.72 bits per heavy atom. The molecular weight excluding hydrogens is 273 g/mol. The maximum atomic E-state index is 13.0. The topological polar surface area (TPSA) is 45.9 Å². The van der Waals surface area contributed by atoms with Gasteiger partial charge < -0.3 is 4.74 Å². The Kier molecular flexibility index (Phi) is 3.36. The molecule has 0 spiro atoms. The summed E-state index contributed by atoms with van der Waals surface area (Å²) >= 11 is 0. The third-order valence-electron chi connectivity index (χ3n) is 1.56. The number of pyridine rings is 1. The lowest BCUT2D eigenvalue weighted by Crippen LogP contribution is -2.20. The van der Waals surface area contributed by atoms with Crippen molar-refractivity contribution in [1.29, 1.82) is 5.26 Å². The third-order valence-corrected chi connectivity index (χ3v) is 1.56. The summed E-state index contributed by atoms with van der Waals surface area (Å²) < 4.78 is 88.2. The van der Waals surface area contributed by atoms with Crippen LogP contribution in [-0.2, 0) is 6.18 Å². The standard InChI is InChI=1S/C8HF7N2O/c9-3-1-5(18-8(13,14)15)17-4(2-16)6(3)7(10,11)12/h1H. The van der Waals surface area contributed by atoms with E-state index in [9.17, 15) is 30.7 Å². The Morgan fingerprint density at radius 1 is 1.17 bits per heavy atom. The van der Waals surface area contributed by atoms with Crippen molar-refractivity contribution in [2.45, 2.75) is 12.5 Å². The zero-order chi connectivity index (χ0) is 14.1. The first-order valence-corrected chi connectivity index (χ1v) is 3.98. The lowest BCUT2D eigenvalue weighted by molar-refractivity contribution is -0.276. The van der Waals surface area contributed by atoms with Crippen LogP contribution < -0.4 is 4.74 Å². The molecule has 0 atom stereocenters. The first kappa shape index (κ1) is 14.0. The summed E-state index contributed by atoms with van der Waals surface area (Å²) in [4.78, 5) is 2.64. The molecule has 18 heavy (non-hydrogen) atoms. The van der Waals surface area contributed by atoms with Crippen molar-refractivity contribution < 1.29 is 35.5 Å². The van der Waals surface area contributed by atoms with Crippen molar-refractivity contribution in [3.8, 4) is 11.9 Å². The van der Waals surface area contributed by atoms with Crippen LogP contribution in [0.25, 0.3) is 0 Å². The van der Waals surface area contributed by atoms with E-state index in [-0.39, 0.29) is 6.07 Å². The third kappa shape index (κ3) is 3.22. The predicted octanol–water partition coefficient (Wildman–Crippen LogP) is 3.01. The maximum absolute atomic E-state index is 13.0. The van der Waals surface area contributed by atoms with Gasteiger partial charge in [-0.15, -0.1) is 13.2 Å². The maximum Gasteiger partial charge on any atom is 0.574 e. The average Bonchev–Trinajstić information content (AvgIpc) is 2.11. The van der Waals surface area contributed by atoms with E-state index in [2.05, 4.69) is 9.72 Å². The number of nitrogens with zero attached hydrogens (tertiary/aromatic N) is 2. The molecular formula is C8HF7N2O. The minimum atomic E-state index is -5.26. The lowest BCUT2D eigenvalue weighted by atomic mass is 10.2. The van der Waals surface area contributed by atoms with Crippen molar-refractivity contribution in [2.75, 3.05) is 0 Å². The van der Waals surface area contributed by atoms with Gasteiger partial charge in [-0.3, -0.25) is 0 Å². The number of nitriles is 1. The largest absolute Gasteiger partial charge is 0.574 e. The molecule has 0 amide bonds. The van der Waals surface area contributed by atoms with Crippen LogP contribution in [-0.4, -0.2) is 11.3 Å². The molecule has 0 N–H and O–H groups in total. The van der Waals surface area contributed by atoms with Crippen LogP contribution in [0.4, 0.5) is 30.7 Å². The summed E-state index contributed by atoms with van der Waals surface area (Å²) in [6, 6.07) is 0.653. The molecule has 98 valence electrons. The monoisotopic (exact) mass is 274 g/mol. The van der Waals surface area contributed by atoms with E-state index < -0.39 is 35.5 Å². The second-order valence-corrected chi connectivity index (χ2v) is 2.82. The minimum absolute atomic E-state index is 0.197.